The minimum Gasteiger partial charge on any atom is -0.351 e. The number of fused-ring (bicyclic) bond motifs is 12. The summed E-state index contributed by atoms with van der Waals surface area (Å²) in [6, 6.07) is -0.691. The molecule has 4 aliphatic heterocycles. The molecule has 0 aromatic carbocycles. The zero-order valence-corrected chi connectivity index (χ0v) is 32.6. The summed E-state index contributed by atoms with van der Waals surface area (Å²) < 4.78 is 89.8. The third kappa shape index (κ3) is 5.24. The lowest BCUT2D eigenvalue weighted by Gasteiger charge is -2.36. The van der Waals surface area contributed by atoms with Crippen LogP contribution in [0.1, 0.15) is 24.0 Å². The van der Waals surface area contributed by atoms with Crippen molar-refractivity contribution in [3.63, 3.8) is 0 Å². The van der Waals surface area contributed by atoms with Gasteiger partial charge in [-0.3, -0.25) is 19.2 Å². The summed E-state index contributed by atoms with van der Waals surface area (Å²) in [5, 5.41) is 14.4. The number of carbonyl (C=O) groups excluding carboxylic acids is 4. The molecule has 22 heteroatoms. The Balaban J connectivity index is 0.905. The topological polar surface area (TPSA) is 247 Å². The number of nitrogens with zero attached hydrogens (tertiary/aromatic N) is 3. The molecule has 10 unspecified atom stereocenters. The van der Waals surface area contributed by atoms with Crippen LogP contribution in [-0.2, 0) is 62.3 Å². The van der Waals surface area contributed by atoms with Gasteiger partial charge in [-0.2, -0.15) is 21.1 Å². The second-order valence-corrected chi connectivity index (χ2v) is 22.0. The fraction of sp³-hybridized carbons (Fsp3) is 0.455. The van der Waals surface area contributed by atoms with Crippen LogP contribution in [0.15, 0.2) is 53.7 Å². The van der Waals surface area contributed by atoms with E-state index in [0.717, 1.165) is 46.1 Å². The Bertz CT molecular complexity index is 2480. The lowest BCUT2D eigenvalue weighted by atomic mass is 9.76. The fourth-order valence-electron chi connectivity index (χ4n) is 9.74. The van der Waals surface area contributed by atoms with Crippen LogP contribution in [0.2, 0.25) is 0 Å². The molecule has 10 rings (SSSR count). The lowest BCUT2D eigenvalue weighted by molar-refractivity contribution is -0.140. The van der Waals surface area contributed by atoms with Crippen molar-refractivity contribution < 1.29 is 44.4 Å². The average molecular weight is 846 g/mol. The van der Waals surface area contributed by atoms with Crippen molar-refractivity contribution in [2.24, 2.45) is 56.1 Å². The quantitative estimate of drug-likeness (QED) is 0.224. The average Bonchev–Trinajstić information content (AvgIpc) is 3.94. The molecule has 2 amide bonds. The van der Waals surface area contributed by atoms with E-state index in [4.69, 9.17) is 0 Å². The molecule has 2 saturated carbocycles. The maximum atomic E-state index is 13.7. The number of hydrogen-bond donors (Lipinski definition) is 4. The van der Waals surface area contributed by atoms with Gasteiger partial charge in [0.15, 0.2) is 23.4 Å². The number of hydrogen-bond acceptors (Lipinski definition) is 14. The molecule has 4 bridgehead atoms. The molecule has 288 valence electrons. The van der Waals surface area contributed by atoms with Gasteiger partial charge in [0, 0.05) is 48.1 Å². The number of anilines is 2. The van der Waals surface area contributed by atoms with E-state index in [0.29, 0.717) is 0 Å². The highest BCUT2D eigenvalue weighted by Crippen LogP contribution is 2.49. The number of rotatable bonds is 7. The number of piperidine rings is 2. The highest BCUT2D eigenvalue weighted by Gasteiger charge is 2.58. The summed E-state index contributed by atoms with van der Waals surface area (Å²) in [5.41, 5.74) is 0.0823. The van der Waals surface area contributed by atoms with E-state index in [1.54, 1.807) is 0 Å². The van der Waals surface area contributed by atoms with Crippen LogP contribution in [0.4, 0.5) is 10.0 Å². The van der Waals surface area contributed by atoms with Crippen molar-refractivity contribution in [1.29, 1.82) is 0 Å². The van der Waals surface area contributed by atoms with Gasteiger partial charge in [-0.05, 0) is 47.3 Å². The Morgan fingerprint density at radius 1 is 0.691 bits per heavy atom. The molecular formula is C33H31N7O10S5. The van der Waals surface area contributed by atoms with E-state index in [2.05, 4.69) is 30.1 Å². The number of ketones is 2. The predicted octanol–water partition coefficient (Wildman–Crippen LogP) is 0.808. The van der Waals surface area contributed by atoms with E-state index < -0.39 is 90.2 Å². The Hall–Kier alpha value is -4.09. The van der Waals surface area contributed by atoms with Crippen LogP contribution >= 0.6 is 22.7 Å². The molecule has 6 heterocycles. The number of sulfonamides is 3. The van der Waals surface area contributed by atoms with E-state index in [1.165, 1.54) is 10.8 Å². The highest BCUT2D eigenvalue weighted by atomic mass is 32.2. The summed E-state index contributed by atoms with van der Waals surface area (Å²) in [5.74, 6) is -6.67. The molecule has 4 aliphatic carbocycles. The SMILES string of the molecule is CS(=O)(=O)N(Cc1csc2c1S(=O)(=O)N=C(C1C(=O)NC3C4C=CC(C4)C3C1=O)N2)Cc1csc2c1S(=O)(=O)N=C(C1C(=O)NC3C4C=CC(C4)C3C1=O)N2. The van der Waals surface area contributed by atoms with Crippen LogP contribution in [0.3, 0.4) is 0 Å². The van der Waals surface area contributed by atoms with Crippen molar-refractivity contribution in [3.8, 4) is 0 Å². The van der Waals surface area contributed by atoms with Crippen LogP contribution in [0.5, 0.6) is 0 Å². The van der Waals surface area contributed by atoms with E-state index >= 15 is 0 Å². The zero-order valence-electron chi connectivity index (χ0n) is 28.5. The van der Waals surface area contributed by atoms with Gasteiger partial charge in [-0.15, -0.1) is 31.5 Å². The number of amidine groups is 2. The number of thiophene rings is 2. The standard InChI is InChI=1S/C33H31N7O10S5/c1-53(45,46)40(8-16-10-51-32-26(16)54(47,48)38-28(36-32)20-24(41)18-12-2-4-14(6-12)22(18)34-30(20)43)9-17-11-52-33-27(17)55(49,50)39-29(37-33)21-25(42)19-13-3-5-15(7-13)23(19)35-31(21)44/h2-5,10-15,18-23H,6-9H2,1H3,(H,34,43)(H,35,44)(H,36,38)(H,37,39). The van der Waals surface area contributed by atoms with Gasteiger partial charge in [-0.25, -0.2) is 8.42 Å². The molecule has 2 saturated heterocycles. The number of Topliss-reactive ketones (excluding diaryl/α,β-unsaturated/α-hetero) is 2. The summed E-state index contributed by atoms with van der Waals surface area (Å²) in [6.45, 7) is -0.998. The summed E-state index contributed by atoms with van der Waals surface area (Å²) in [7, 11) is -13.2. The summed E-state index contributed by atoms with van der Waals surface area (Å²) in [6.07, 6.45) is 10.2. The van der Waals surface area contributed by atoms with Gasteiger partial charge in [0.1, 0.15) is 31.5 Å². The van der Waals surface area contributed by atoms with Crippen LogP contribution < -0.4 is 21.3 Å². The van der Waals surface area contributed by atoms with Crippen molar-refractivity contribution >= 4 is 97.8 Å². The first-order valence-electron chi connectivity index (χ1n) is 17.4. The Labute approximate surface area is 322 Å². The number of allylic oxidation sites excluding steroid dienone is 2. The maximum Gasteiger partial charge on any atom is 0.287 e. The minimum absolute atomic E-state index is 0.0411. The summed E-state index contributed by atoms with van der Waals surface area (Å²) in [4.78, 5) is 52.9. The molecular weight excluding hydrogens is 815 g/mol. The molecule has 55 heavy (non-hydrogen) atoms. The van der Waals surface area contributed by atoms with Gasteiger partial charge in [0.25, 0.3) is 20.0 Å². The molecule has 0 radical (unpaired) electrons. The second kappa shape index (κ2) is 11.7. The van der Waals surface area contributed by atoms with Crippen LogP contribution in [-0.4, -0.2) is 83.0 Å². The Morgan fingerprint density at radius 3 is 1.49 bits per heavy atom. The van der Waals surface area contributed by atoms with Gasteiger partial charge in [0.05, 0.1) is 6.26 Å². The number of amides is 2. The molecule has 4 N–H and O–H groups in total. The number of nitrogens with one attached hydrogen (secondary N) is 4. The monoisotopic (exact) mass is 845 g/mol. The van der Waals surface area contributed by atoms with Crippen LogP contribution in [0.25, 0.3) is 0 Å². The van der Waals surface area contributed by atoms with Crippen molar-refractivity contribution in [2.45, 2.75) is 47.8 Å². The molecule has 2 aromatic rings. The lowest BCUT2D eigenvalue weighted by Crippen LogP contribution is -2.59. The van der Waals surface area contributed by atoms with Gasteiger partial charge < -0.3 is 21.3 Å². The second-order valence-electron chi connectivity index (χ2n) is 15.2. The van der Waals surface area contributed by atoms with E-state index in [1.807, 2.05) is 24.3 Å². The zero-order chi connectivity index (χ0) is 38.5. The predicted molar refractivity (Wildman–Crippen MR) is 199 cm³/mol. The van der Waals surface area contributed by atoms with Crippen LogP contribution in [0, 0.1) is 47.3 Å². The van der Waals surface area contributed by atoms with Crippen molar-refractivity contribution in [1.82, 2.24) is 14.9 Å². The first-order chi connectivity index (χ1) is 26.0. The van der Waals surface area contributed by atoms with E-state index in [-0.39, 0.29) is 78.3 Å². The molecule has 0 spiro atoms. The smallest absolute Gasteiger partial charge is 0.287 e. The largest absolute Gasteiger partial charge is 0.351 e. The Morgan fingerprint density at radius 2 is 1.09 bits per heavy atom. The minimum atomic E-state index is -4.54. The molecule has 4 fully saturated rings. The fourth-order valence-corrected chi connectivity index (χ4v) is 15.7. The molecule has 17 nitrogen and oxygen atoms in total. The van der Waals surface area contributed by atoms with Crippen molar-refractivity contribution in [3.05, 3.63) is 46.2 Å². The van der Waals surface area contributed by atoms with E-state index in [9.17, 15) is 44.4 Å². The third-order valence-corrected chi connectivity index (χ3v) is 18.2. The van der Waals surface area contributed by atoms with Gasteiger partial charge in [-0.1, -0.05) is 24.3 Å². The normalized spacial score (nSPS) is 35.6. The van der Waals surface area contributed by atoms with Crippen molar-refractivity contribution in [2.75, 3.05) is 16.9 Å². The number of carbonyl (C=O) groups is 4. The Kier molecular flexibility index (Phi) is 7.53. The van der Waals surface area contributed by atoms with Gasteiger partial charge in [0.2, 0.25) is 21.8 Å². The highest BCUT2D eigenvalue weighted by molar-refractivity contribution is 7.91. The van der Waals surface area contributed by atoms with Gasteiger partial charge >= 0.3 is 0 Å². The molecule has 10 atom stereocenters. The first kappa shape index (κ1) is 35.3. The molecule has 2 aromatic heterocycles. The maximum absolute atomic E-state index is 13.7. The first-order valence-corrected chi connectivity index (χ1v) is 23.9. The molecule has 8 aliphatic rings. The third-order valence-electron chi connectivity index (χ3n) is 12.1. The summed E-state index contributed by atoms with van der Waals surface area (Å²) >= 11 is 1.86.